The van der Waals surface area contributed by atoms with Gasteiger partial charge >= 0.3 is 0 Å². The number of primary amides is 1. The summed E-state index contributed by atoms with van der Waals surface area (Å²) in [5.41, 5.74) is 6.92. The van der Waals surface area contributed by atoms with E-state index in [1.165, 1.54) is 4.31 Å². The smallest absolute Gasteiger partial charge is 0.243 e. The van der Waals surface area contributed by atoms with Crippen molar-refractivity contribution >= 4 is 15.9 Å². The number of piperidine rings is 1. The Bertz CT molecular complexity index is 625. The molecule has 1 fully saturated rings. The van der Waals surface area contributed by atoms with Crippen molar-refractivity contribution in [2.24, 2.45) is 11.7 Å². The summed E-state index contributed by atoms with van der Waals surface area (Å²) in [4.78, 5) is 11.6. The second-order valence-corrected chi connectivity index (χ2v) is 7.28. The summed E-state index contributed by atoms with van der Waals surface area (Å²) < 4.78 is 26.8. The van der Waals surface area contributed by atoms with Gasteiger partial charge in [0.25, 0.3) is 0 Å². The van der Waals surface area contributed by atoms with E-state index >= 15 is 0 Å². The summed E-state index contributed by atoms with van der Waals surface area (Å²) in [6.45, 7) is 4.27. The minimum Gasteiger partial charge on any atom is -0.369 e. The van der Waals surface area contributed by atoms with Crippen LogP contribution in [0, 0.1) is 19.8 Å². The molecule has 1 aliphatic rings. The van der Waals surface area contributed by atoms with Crippen molar-refractivity contribution in [3.8, 4) is 0 Å². The lowest BCUT2D eigenvalue weighted by molar-refractivity contribution is -0.122. The van der Waals surface area contributed by atoms with E-state index in [1.807, 2.05) is 13.0 Å². The highest BCUT2D eigenvalue weighted by molar-refractivity contribution is 7.89. The van der Waals surface area contributed by atoms with Crippen LogP contribution in [0.1, 0.15) is 24.0 Å². The third-order valence-electron chi connectivity index (χ3n) is 3.75. The highest BCUT2D eigenvalue weighted by Gasteiger charge is 2.33. The fraction of sp³-hybridized carbons (Fsp3) is 0.500. The Balaban J connectivity index is 2.35. The van der Waals surface area contributed by atoms with E-state index in [4.69, 9.17) is 5.73 Å². The summed E-state index contributed by atoms with van der Waals surface area (Å²) >= 11 is 0. The van der Waals surface area contributed by atoms with Gasteiger partial charge in [0.2, 0.25) is 15.9 Å². The average molecular weight is 296 g/mol. The quantitative estimate of drug-likeness (QED) is 0.909. The summed E-state index contributed by atoms with van der Waals surface area (Å²) in [6.07, 6.45) is 1.33. The number of carbonyl (C=O) groups excluding carboxylic acids is 1. The number of aryl methyl sites for hydroxylation is 2. The molecule has 6 heteroatoms. The molecule has 0 aliphatic carbocycles. The van der Waals surface area contributed by atoms with Gasteiger partial charge in [0.1, 0.15) is 0 Å². The zero-order valence-electron chi connectivity index (χ0n) is 11.8. The number of hydrogen-bond donors (Lipinski definition) is 1. The zero-order valence-corrected chi connectivity index (χ0v) is 12.6. The minimum atomic E-state index is -3.56. The van der Waals surface area contributed by atoms with E-state index in [1.54, 1.807) is 19.1 Å². The average Bonchev–Trinajstić information content (AvgIpc) is 2.41. The maximum absolute atomic E-state index is 12.7. The van der Waals surface area contributed by atoms with Crippen LogP contribution in [0.3, 0.4) is 0 Å². The van der Waals surface area contributed by atoms with E-state index in [-0.39, 0.29) is 12.5 Å². The van der Waals surface area contributed by atoms with Crippen molar-refractivity contribution in [2.45, 2.75) is 31.6 Å². The van der Waals surface area contributed by atoms with Crippen molar-refractivity contribution in [2.75, 3.05) is 13.1 Å². The molecule has 110 valence electrons. The Morgan fingerprint density at radius 2 is 2.05 bits per heavy atom. The molecule has 1 aliphatic heterocycles. The lowest BCUT2D eigenvalue weighted by atomic mass is 9.99. The molecule has 1 atom stereocenters. The van der Waals surface area contributed by atoms with Gasteiger partial charge in [-0.25, -0.2) is 8.42 Å². The Morgan fingerprint density at radius 3 is 2.70 bits per heavy atom. The van der Waals surface area contributed by atoms with Crippen molar-refractivity contribution in [1.29, 1.82) is 0 Å². The summed E-state index contributed by atoms with van der Waals surface area (Å²) in [5.74, 6) is -0.811. The lowest BCUT2D eigenvalue weighted by Gasteiger charge is -2.30. The van der Waals surface area contributed by atoms with Crippen LogP contribution in [0.25, 0.3) is 0 Å². The van der Waals surface area contributed by atoms with Crippen LogP contribution in [0.15, 0.2) is 23.1 Å². The molecule has 1 amide bonds. The number of nitrogens with two attached hydrogens (primary N) is 1. The van der Waals surface area contributed by atoms with Crippen LogP contribution < -0.4 is 5.73 Å². The number of amides is 1. The molecule has 1 heterocycles. The molecule has 0 bridgehead atoms. The Morgan fingerprint density at radius 1 is 1.35 bits per heavy atom. The van der Waals surface area contributed by atoms with Crippen LogP contribution in [0.5, 0.6) is 0 Å². The highest BCUT2D eigenvalue weighted by atomic mass is 32.2. The lowest BCUT2D eigenvalue weighted by Crippen LogP contribution is -2.44. The third-order valence-corrected chi connectivity index (χ3v) is 5.76. The van der Waals surface area contributed by atoms with Crippen molar-refractivity contribution in [1.82, 2.24) is 4.31 Å². The second-order valence-electron chi connectivity index (χ2n) is 5.37. The standard InChI is InChI=1S/C14H20N2O3S/c1-10-5-6-11(2)13(8-10)20(18,19)16-7-3-4-12(9-16)14(15)17/h5-6,8,12H,3-4,7,9H2,1-2H3,(H2,15,17). The molecule has 0 saturated carbocycles. The van der Waals surface area contributed by atoms with Gasteiger partial charge in [0.15, 0.2) is 0 Å². The molecule has 0 spiro atoms. The number of hydrogen-bond acceptors (Lipinski definition) is 3. The fourth-order valence-corrected chi connectivity index (χ4v) is 4.35. The van der Waals surface area contributed by atoms with Crippen molar-refractivity contribution in [3.05, 3.63) is 29.3 Å². The van der Waals surface area contributed by atoms with Gasteiger partial charge in [-0.3, -0.25) is 4.79 Å². The van der Waals surface area contributed by atoms with Crippen LogP contribution in [-0.2, 0) is 14.8 Å². The highest BCUT2D eigenvalue weighted by Crippen LogP contribution is 2.26. The molecule has 5 nitrogen and oxygen atoms in total. The van der Waals surface area contributed by atoms with Gasteiger partial charge in [-0.1, -0.05) is 12.1 Å². The van der Waals surface area contributed by atoms with Crippen LogP contribution >= 0.6 is 0 Å². The minimum absolute atomic E-state index is 0.186. The maximum Gasteiger partial charge on any atom is 0.243 e. The fourth-order valence-electron chi connectivity index (χ4n) is 2.52. The predicted molar refractivity (Wildman–Crippen MR) is 76.6 cm³/mol. The van der Waals surface area contributed by atoms with Gasteiger partial charge < -0.3 is 5.73 Å². The largest absolute Gasteiger partial charge is 0.369 e. The molecule has 1 saturated heterocycles. The number of rotatable bonds is 3. The van der Waals surface area contributed by atoms with E-state index in [2.05, 4.69) is 0 Å². The first-order valence-electron chi connectivity index (χ1n) is 6.69. The van der Waals surface area contributed by atoms with Crippen molar-refractivity contribution in [3.63, 3.8) is 0 Å². The van der Waals surface area contributed by atoms with Crippen LogP contribution in [0.2, 0.25) is 0 Å². The van der Waals surface area contributed by atoms with Gasteiger partial charge in [0, 0.05) is 13.1 Å². The SMILES string of the molecule is Cc1ccc(C)c(S(=O)(=O)N2CCCC(C(N)=O)C2)c1. The molecule has 0 aromatic heterocycles. The molecule has 2 N–H and O–H groups in total. The Kier molecular flexibility index (Phi) is 4.15. The topological polar surface area (TPSA) is 80.5 Å². The molecular formula is C14H20N2O3S. The molecule has 20 heavy (non-hydrogen) atoms. The molecule has 2 rings (SSSR count). The monoisotopic (exact) mass is 296 g/mol. The number of sulfonamides is 1. The van der Waals surface area contributed by atoms with E-state index < -0.39 is 15.9 Å². The van der Waals surface area contributed by atoms with Gasteiger partial charge in [0.05, 0.1) is 10.8 Å². The predicted octanol–water partition coefficient (Wildman–Crippen LogP) is 1.19. The Hall–Kier alpha value is -1.40. The second kappa shape index (κ2) is 5.54. The third kappa shape index (κ3) is 2.86. The zero-order chi connectivity index (χ0) is 14.9. The summed E-state index contributed by atoms with van der Waals surface area (Å²) in [5, 5.41) is 0. The first kappa shape index (κ1) is 15.0. The van der Waals surface area contributed by atoms with Gasteiger partial charge in [-0.15, -0.1) is 0 Å². The first-order valence-corrected chi connectivity index (χ1v) is 8.13. The molecular weight excluding hydrogens is 276 g/mol. The van der Waals surface area contributed by atoms with E-state index in [0.29, 0.717) is 24.3 Å². The van der Waals surface area contributed by atoms with E-state index in [9.17, 15) is 13.2 Å². The molecule has 1 aromatic carbocycles. The van der Waals surface area contributed by atoms with Crippen molar-refractivity contribution < 1.29 is 13.2 Å². The van der Waals surface area contributed by atoms with Crippen LogP contribution in [-0.4, -0.2) is 31.7 Å². The molecule has 0 radical (unpaired) electrons. The number of nitrogens with zero attached hydrogens (tertiary/aromatic N) is 1. The van der Waals surface area contributed by atoms with Gasteiger partial charge in [-0.05, 0) is 43.9 Å². The molecule has 1 aromatic rings. The maximum atomic E-state index is 12.7. The number of carbonyl (C=O) groups is 1. The summed E-state index contributed by atoms with van der Waals surface area (Å²) in [6, 6.07) is 5.37. The molecule has 1 unspecified atom stereocenters. The normalized spacial score (nSPS) is 20.8. The summed E-state index contributed by atoms with van der Waals surface area (Å²) in [7, 11) is -3.56. The van der Waals surface area contributed by atoms with Gasteiger partial charge in [-0.2, -0.15) is 4.31 Å². The first-order chi connectivity index (χ1) is 9.32. The van der Waals surface area contributed by atoms with Crippen LogP contribution in [0.4, 0.5) is 0 Å². The number of benzene rings is 1. The van der Waals surface area contributed by atoms with E-state index in [0.717, 1.165) is 11.1 Å². The Labute approximate surface area is 119 Å².